The van der Waals surface area contributed by atoms with Gasteiger partial charge in [0.2, 0.25) is 0 Å². The summed E-state index contributed by atoms with van der Waals surface area (Å²) in [5.74, 6) is 0. The highest BCUT2D eigenvalue weighted by atomic mass is 15.1. The SMILES string of the molecule is C=CCC1CC=CCCN1C. The van der Waals surface area contributed by atoms with Crippen molar-refractivity contribution in [2.45, 2.75) is 25.3 Å². The lowest BCUT2D eigenvalue weighted by molar-refractivity contribution is 0.254. The van der Waals surface area contributed by atoms with Crippen LogP contribution in [0.4, 0.5) is 0 Å². The molecule has 0 radical (unpaired) electrons. The molecular weight excluding hydrogens is 134 g/mol. The van der Waals surface area contributed by atoms with E-state index in [1.807, 2.05) is 6.08 Å². The molecule has 1 aliphatic heterocycles. The summed E-state index contributed by atoms with van der Waals surface area (Å²) in [5.41, 5.74) is 0. The number of hydrogen-bond donors (Lipinski definition) is 0. The smallest absolute Gasteiger partial charge is 0.0161 e. The molecule has 1 heterocycles. The summed E-state index contributed by atoms with van der Waals surface area (Å²) < 4.78 is 0. The summed E-state index contributed by atoms with van der Waals surface area (Å²) in [4.78, 5) is 2.42. The highest BCUT2D eigenvalue weighted by Crippen LogP contribution is 2.12. The summed E-state index contributed by atoms with van der Waals surface area (Å²) in [6, 6.07) is 0.686. The van der Waals surface area contributed by atoms with Crippen LogP contribution in [-0.4, -0.2) is 24.5 Å². The molecule has 0 bridgehead atoms. The first-order valence-corrected chi connectivity index (χ1v) is 4.30. The molecule has 1 nitrogen and oxygen atoms in total. The first-order chi connectivity index (χ1) is 5.34. The standard InChI is InChI=1S/C10H17N/c1-3-7-10-8-5-4-6-9-11(10)2/h3-5,10H,1,6-9H2,2H3. The average molecular weight is 151 g/mol. The molecule has 0 aromatic carbocycles. The van der Waals surface area contributed by atoms with Crippen LogP contribution >= 0.6 is 0 Å². The third kappa shape index (κ3) is 2.51. The van der Waals surface area contributed by atoms with Crippen molar-refractivity contribution in [3.63, 3.8) is 0 Å². The zero-order valence-electron chi connectivity index (χ0n) is 7.29. The van der Waals surface area contributed by atoms with Gasteiger partial charge in [0.05, 0.1) is 0 Å². The van der Waals surface area contributed by atoms with Crippen LogP contribution in [0.5, 0.6) is 0 Å². The van der Waals surface area contributed by atoms with E-state index in [2.05, 4.69) is 30.7 Å². The molecule has 0 saturated carbocycles. The van der Waals surface area contributed by atoms with Crippen LogP contribution in [0, 0.1) is 0 Å². The van der Waals surface area contributed by atoms with E-state index in [0.717, 1.165) is 6.42 Å². The Kier molecular flexibility index (Phi) is 3.37. The van der Waals surface area contributed by atoms with E-state index in [9.17, 15) is 0 Å². The van der Waals surface area contributed by atoms with E-state index >= 15 is 0 Å². The Bertz CT molecular complexity index is 149. The van der Waals surface area contributed by atoms with Crippen molar-refractivity contribution in [3.8, 4) is 0 Å². The van der Waals surface area contributed by atoms with Crippen LogP contribution in [0.2, 0.25) is 0 Å². The molecule has 0 aromatic heterocycles. The third-order valence-corrected chi connectivity index (χ3v) is 2.29. The lowest BCUT2D eigenvalue weighted by atomic mass is 10.1. The van der Waals surface area contributed by atoms with Crippen molar-refractivity contribution in [2.75, 3.05) is 13.6 Å². The molecule has 0 saturated heterocycles. The molecule has 1 unspecified atom stereocenters. The van der Waals surface area contributed by atoms with Crippen LogP contribution < -0.4 is 0 Å². The highest BCUT2D eigenvalue weighted by molar-refractivity contribution is 4.93. The zero-order chi connectivity index (χ0) is 8.10. The lowest BCUT2D eigenvalue weighted by Gasteiger charge is -2.23. The Morgan fingerprint density at radius 2 is 2.45 bits per heavy atom. The van der Waals surface area contributed by atoms with E-state index < -0.39 is 0 Å². The first-order valence-electron chi connectivity index (χ1n) is 4.30. The van der Waals surface area contributed by atoms with Gasteiger partial charge in [0.1, 0.15) is 0 Å². The Labute approximate surface area is 69.4 Å². The Hall–Kier alpha value is -0.560. The maximum atomic E-state index is 3.77. The van der Waals surface area contributed by atoms with Gasteiger partial charge in [0, 0.05) is 12.6 Å². The van der Waals surface area contributed by atoms with Crippen LogP contribution in [0.1, 0.15) is 19.3 Å². The van der Waals surface area contributed by atoms with Crippen molar-refractivity contribution >= 4 is 0 Å². The van der Waals surface area contributed by atoms with Gasteiger partial charge in [-0.25, -0.2) is 0 Å². The fourth-order valence-corrected chi connectivity index (χ4v) is 1.48. The van der Waals surface area contributed by atoms with Crippen LogP contribution in [-0.2, 0) is 0 Å². The minimum absolute atomic E-state index is 0.686. The van der Waals surface area contributed by atoms with Gasteiger partial charge in [0.25, 0.3) is 0 Å². The largest absolute Gasteiger partial charge is 0.302 e. The highest BCUT2D eigenvalue weighted by Gasteiger charge is 2.12. The molecule has 0 N–H and O–H groups in total. The predicted octanol–water partition coefficient (Wildman–Crippen LogP) is 2.21. The predicted molar refractivity (Wildman–Crippen MR) is 49.6 cm³/mol. The second-order valence-electron chi connectivity index (χ2n) is 3.15. The molecule has 0 amide bonds. The van der Waals surface area contributed by atoms with Gasteiger partial charge in [-0.1, -0.05) is 18.2 Å². The minimum Gasteiger partial charge on any atom is -0.302 e. The fourth-order valence-electron chi connectivity index (χ4n) is 1.48. The molecule has 0 aromatic rings. The van der Waals surface area contributed by atoms with Gasteiger partial charge in [-0.15, -0.1) is 6.58 Å². The molecule has 1 aliphatic rings. The van der Waals surface area contributed by atoms with E-state index in [-0.39, 0.29) is 0 Å². The van der Waals surface area contributed by atoms with Crippen molar-refractivity contribution in [1.82, 2.24) is 4.90 Å². The van der Waals surface area contributed by atoms with Crippen molar-refractivity contribution in [1.29, 1.82) is 0 Å². The van der Waals surface area contributed by atoms with Gasteiger partial charge in [-0.2, -0.15) is 0 Å². The van der Waals surface area contributed by atoms with Crippen molar-refractivity contribution < 1.29 is 0 Å². The summed E-state index contributed by atoms with van der Waals surface area (Å²) in [5, 5.41) is 0. The summed E-state index contributed by atoms with van der Waals surface area (Å²) in [6.07, 6.45) is 10.1. The molecule has 0 aliphatic carbocycles. The molecule has 1 rings (SSSR count). The van der Waals surface area contributed by atoms with Gasteiger partial charge >= 0.3 is 0 Å². The van der Waals surface area contributed by atoms with Gasteiger partial charge in [-0.05, 0) is 26.3 Å². The molecular formula is C10H17N. The fraction of sp³-hybridized carbons (Fsp3) is 0.600. The summed E-state index contributed by atoms with van der Waals surface area (Å²) in [6.45, 7) is 4.96. The number of rotatable bonds is 2. The summed E-state index contributed by atoms with van der Waals surface area (Å²) in [7, 11) is 2.20. The van der Waals surface area contributed by atoms with Gasteiger partial charge in [-0.3, -0.25) is 0 Å². The van der Waals surface area contributed by atoms with Crippen molar-refractivity contribution in [2.24, 2.45) is 0 Å². The molecule has 62 valence electrons. The summed E-state index contributed by atoms with van der Waals surface area (Å²) >= 11 is 0. The normalized spacial score (nSPS) is 26.5. The number of nitrogens with zero attached hydrogens (tertiary/aromatic N) is 1. The monoisotopic (exact) mass is 151 g/mol. The Morgan fingerprint density at radius 3 is 3.18 bits per heavy atom. The van der Waals surface area contributed by atoms with Gasteiger partial charge < -0.3 is 4.90 Å². The molecule has 0 fully saturated rings. The Morgan fingerprint density at radius 1 is 1.64 bits per heavy atom. The maximum Gasteiger partial charge on any atom is 0.0161 e. The maximum absolute atomic E-state index is 3.77. The molecule has 1 heteroatoms. The van der Waals surface area contributed by atoms with E-state index in [1.54, 1.807) is 0 Å². The molecule has 1 atom stereocenters. The third-order valence-electron chi connectivity index (χ3n) is 2.29. The molecule has 11 heavy (non-hydrogen) atoms. The average Bonchev–Trinajstić information content (AvgIpc) is 2.18. The van der Waals surface area contributed by atoms with Gasteiger partial charge in [0.15, 0.2) is 0 Å². The second kappa shape index (κ2) is 4.35. The Balaban J connectivity index is 2.45. The second-order valence-corrected chi connectivity index (χ2v) is 3.15. The minimum atomic E-state index is 0.686. The van der Waals surface area contributed by atoms with Crippen LogP contribution in [0.3, 0.4) is 0 Å². The van der Waals surface area contributed by atoms with Crippen LogP contribution in [0.15, 0.2) is 24.8 Å². The van der Waals surface area contributed by atoms with E-state index in [1.165, 1.54) is 19.4 Å². The van der Waals surface area contributed by atoms with E-state index in [4.69, 9.17) is 0 Å². The number of hydrogen-bond acceptors (Lipinski definition) is 1. The van der Waals surface area contributed by atoms with E-state index in [0.29, 0.717) is 6.04 Å². The quantitative estimate of drug-likeness (QED) is 0.547. The van der Waals surface area contributed by atoms with Crippen molar-refractivity contribution in [3.05, 3.63) is 24.8 Å². The first kappa shape index (κ1) is 8.54. The van der Waals surface area contributed by atoms with Crippen LogP contribution in [0.25, 0.3) is 0 Å². The zero-order valence-corrected chi connectivity index (χ0v) is 7.29. The molecule has 0 spiro atoms. The lowest BCUT2D eigenvalue weighted by Crippen LogP contribution is -2.30. The topological polar surface area (TPSA) is 3.24 Å².